The largest absolute Gasteiger partial charge is 0.298 e. The van der Waals surface area contributed by atoms with Gasteiger partial charge in [0.25, 0.3) is 0 Å². The summed E-state index contributed by atoms with van der Waals surface area (Å²) in [6, 6.07) is 5.71. The predicted molar refractivity (Wildman–Crippen MR) is 65.6 cm³/mol. The Bertz CT molecular complexity index is 354. The van der Waals surface area contributed by atoms with E-state index in [4.69, 9.17) is 11.6 Å². The van der Waals surface area contributed by atoms with E-state index in [2.05, 4.69) is 15.9 Å². The van der Waals surface area contributed by atoms with Gasteiger partial charge in [-0.1, -0.05) is 39.7 Å². The van der Waals surface area contributed by atoms with Gasteiger partial charge in [0.2, 0.25) is 0 Å². The molecule has 1 aromatic carbocycles. The molecular weight excluding hydrogens is 284 g/mol. The lowest BCUT2D eigenvalue weighted by Crippen LogP contribution is -2.01. The summed E-state index contributed by atoms with van der Waals surface area (Å²) in [7, 11) is 0. The number of thioether (sulfide) groups is 1. The van der Waals surface area contributed by atoms with E-state index in [0.717, 1.165) is 10.5 Å². The standard InChI is InChI=1S/C10H10BrClOS/c1-6(13)9(11)7-4-3-5-8(14-2)10(7)12/h3-5,9H,1-2H3. The third kappa shape index (κ3) is 2.53. The van der Waals surface area contributed by atoms with Crippen molar-refractivity contribution in [2.24, 2.45) is 0 Å². The Labute approximate surface area is 101 Å². The molecule has 1 rings (SSSR count). The average Bonchev–Trinajstić information content (AvgIpc) is 2.17. The van der Waals surface area contributed by atoms with Crippen LogP contribution >= 0.6 is 39.3 Å². The van der Waals surface area contributed by atoms with Crippen molar-refractivity contribution >= 4 is 45.1 Å². The van der Waals surface area contributed by atoms with Crippen LogP contribution in [0.4, 0.5) is 0 Å². The molecule has 0 aromatic heterocycles. The number of benzene rings is 1. The van der Waals surface area contributed by atoms with Crippen molar-refractivity contribution in [3.63, 3.8) is 0 Å². The van der Waals surface area contributed by atoms with E-state index in [-0.39, 0.29) is 10.6 Å². The van der Waals surface area contributed by atoms with Crippen molar-refractivity contribution in [3.8, 4) is 0 Å². The van der Waals surface area contributed by atoms with E-state index in [0.29, 0.717) is 5.02 Å². The fourth-order valence-corrected chi connectivity index (χ4v) is 2.59. The summed E-state index contributed by atoms with van der Waals surface area (Å²) in [5, 5.41) is 0.664. The number of rotatable bonds is 3. The van der Waals surface area contributed by atoms with Gasteiger partial charge in [-0.2, -0.15) is 0 Å². The van der Waals surface area contributed by atoms with Crippen LogP contribution in [0.2, 0.25) is 5.02 Å². The quantitative estimate of drug-likeness (QED) is 0.617. The van der Waals surface area contributed by atoms with E-state index in [9.17, 15) is 4.79 Å². The van der Waals surface area contributed by atoms with Crippen molar-refractivity contribution < 1.29 is 4.79 Å². The highest BCUT2D eigenvalue weighted by molar-refractivity contribution is 9.09. The van der Waals surface area contributed by atoms with Gasteiger partial charge in [0.05, 0.1) is 9.85 Å². The lowest BCUT2D eigenvalue weighted by molar-refractivity contribution is -0.116. The van der Waals surface area contributed by atoms with Crippen molar-refractivity contribution in [1.29, 1.82) is 0 Å². The Balaban J connectivity index is 3.15. The Morgan fingerprint density at radius 3 is 2.71 bits per heavy atom. The van der Waals surface area contributed by atoms with Crippen LogP contribution in [0.3, 0.4) is 0 Å². The molecule has 76 valence electrons. The summed E-state index contributed by atoms with van der Waals surface area (Å²) in [4.78, 5) is 11.9. The fourth-order valence-electron chi connectivity index (χ4n) is 1.10. The predicted octanol–water partition coefficient (Wildman–Crippen LogP) is 4.09. The fraction of sp³-hybridized carbons (Fsp3) is 0.300. The number of alkyl halides is 1. The molecule has 1 unspecified atom stereocenters. The van der Waals surface area contributed by atoms with Crippen LogP contribution in [0.25, 0.3) is 0 Å². The van der Waals surface area contributed by atoms with Gasteiger partial charge >= 0.3 is 0 Å². The van der Waals surface area contributed by atoms with Crippen LogP contribution in [0, 0.1) is 0 Å². The minimum absolute atomic E-state index is 0.0603. The molecule has 4 heteroatoms. The van der Waals surface area contributed by atoms with Gasteiger partial charge in [0, 0.05) is 4.90 Å². The van der Waals surface area contributed by atoms with Crippen LogP contribution in [0.1, 0.15) is 17.3 Å². The van der Waals surface area contributed by atoms with Gasteiger partial charge in [-0.15, -0.1) is 11.8 Å². The van der Waals surface area contributed by atoms with Gasteiger partial charge in [-0.3, -0.25) is 4.79 Å². The maximum atomic E-state index is 11.2. The van der Waals surface area contributed by atoms with Crippen molar-refractivity contribution in [1.82, 2.24) is 0 Å². The number of Topliss-reactive ketones (excluding diaryl/α,β-unsaturated/α-hetero) is 1. The van der Waals surface area contributed by atoms with E-state index >= 15 is 0 Å². The Hall–Kier alpha value is 0.01000. The monoisotopic (exact) mass is 292 g/mol. The number of carbonyl (C=O) groups excluding carboxylic acids is 1. The second kappa shape index (κ2) is 5.19. The van der Waals surface area contributed by atoms with Crippen molar-refractivity contribution in [3.05, 3.63) is 28.8 Å². The number of ketones is 1. The lowest BCUT2D eigenvalue weighted by atomic mass is 10.1. The topological polar surface area (TPSA) is 17.1 Å². The summed E-state index contributed by atoms with van der Waals surface area (Å²) < 4.78 is 0. The SMILES string of the molecule is CSc1cccc(C(Br)C(C)=O)c1Cl. The minimum atomic E-state index is -0.304. The molecule has 0 fully saturated rings. The molecule has 0 aliphatic carbocycles. The Morgan fingerprint density at radius 2 is 2.21 bits per heavy atom. The second-order valence-electron chi connectivity index (χ2n) is 2.84. The Morgan fingerprint density at radius 1 is 1.57 bits per heavy atom. The van der Waals surface area contributed by atoms with E-state index < -0.39 is 0 Å². The van der Waals surface area contributed by atoms with E-state index in [1.165, 1.54) is 0 Å². The number of carbonyl (C=O) groups is 1. The number of hydrogen-bond acceptors (Lipinski definition) is 2. The highest BCUT2D eigenvalue weighted by Gasteiger charge is 2.17. The first-order valence-corrected chi connectivity index (χ1v) is 6.56. The highest BCUT2D eigenvalue weighted by Crippen LogP contribution is 2.35. The zero-order chi connectivity index (χ0) is 10.7. The lowest BCUT2D eigenvalue weighted by Gasteiger charge is -2.10. The van der Waals surface area contributed by atoms with Crippen molar-refractivity contribution in [2.75, 3.05) is 6.26 Å². The molecule has 1 atom stereocenters. The average molecular weight is 294 g/mol. The van der Waals surface area contributed by atoms with Crippen LogP contribution in [0.15, 0.2) is 23.1 Å². The normalized spacial score (nSPS) is 12.6. The third-order valence-corrected chi connectivity index (χ3v) is 4.29. The Kier molecular flexibility index (Phi) is 4.48. The summed E-state index contributed by atoms with van der Waals surface area (Å²) in [5.41, 5.74) is 0.839. The smallest absolute Gasteiger partial charge is 0.147 e. The zero-order valence-electron chi connectivity index (χ0n) is 7.88. The van der Waals surface area contributed by atoms with Gasteiger partial charge in [0.15, 0.2) is 0 Å². The van der Waals surface area contributed by atoms with Crippen molar-refractivity contribution in [2.45, 2.75) is 16.6 Å². The number of hydrogen-bond donors (Lipinski definition) is 0. The highest BCUT2D eigenvalue weighted by atomic mass is 79.9. The zero-order valence-corrected chi connectivity index (χ0v) is 11.0. The first-order chi connectivity index (χ1) is 6.57. The molecule has 0 N–H and O–H groups in total. The molecule has 14 heavy (non-hydrogen) atoms. The molecule has 0 spiro atoms. The molecule has 0 heterocycles. The van der Waals surface area contributed by atoms with Crippen LogP contribution < -0.4 is 0 Å². The van der Waals surface area contributed by atoms with E-state index in [1.54, 1.807) is 18.7 Å². The summed E-state index contributed by atoms with van der Waals surface area (Å²) in [6.45, 7) is 1.54. The first-order valence-electron chi connectivity index (χ1n) is 4.05. The molecule has 1 nitrogen and oxygen atoms in total. The van der Waals surface area contributed by atoms with E-state index in [1.807, 2.05) is 24.5 Å². The summed E-state index contributed by atoms with van der Waals surface area (Å²) in [6.07, 6.45) is 1.96. The first kappa shape index (κ1) is 12.1. The molecular formula is C10H10BrClOS. The van der Waals surface area contributed by atoms with Crippen LogP contribution in [0.5, 0.6) is 0 Å². The minimum Gasteiger partial charge on any atom is -0.298 e. The summed E-state index contributed by atoms with van der Waals surface area (Å²) in [5.74, 6) is 0.0603. The molecule has 0 aliphatic rings. The van der Waals surface area contributed by atoms with Gasteiger partial charge in [-0.05, 0) is 24.8 Å². The second-order valence-corrected chi connectivity index (χ2v) is 4.98. The third-order valence-electron chi connectivity index (χ3n) is 1.84. The molecule has 0 saturated heterocycles. The van der Waals surface area contributed by atoms with Crippen LogP contribution in [-0.2, 0) is 4.79 Å². The molecule has 1 aromatic rings. The molecule has 0 bridgehead atoms. The number of halogens is 2. The van der Waals surface area contributed by atoms with Gasteiger partial charge in [0.1, 0.15) is 5.78 Å². The molecule has 0 amide bonds. The summed E-state index contributed by atoms with van der Waals surface area (Å²) >= 11 is 11.0. The molecule has 0 aliphatic heterocycles. The van der Waals surface area contributed by atoms with Gasteiger partial charge < -0.3 is 0 Å². The maximum Gasteiger partial charge on any atom is 0.147 e. The molecule has 0 radical (unpaired) electrons. The molecule has 0 saturated carbocycles. The van der Waals surface area contributed by atoms with Crippen LogP contribution in [-0.4, -0.2) is 12.0 Å². The maximum absolute atomic E-state index is 11.2. The van der Waals surface area contributed by atoms with Gasteiger partial charge in [-0.25, -0.2) is 0 Å².